The summed E-state index contributed by atoms with van der Waals surface area (Å²) in [6, 6.07) is 10.2. The summed E-state index contributed by atoms with van der Waals surface area (Å²) in [7, 11) is 1.67. The predicted molar refractivity (Wildman–Crippen MR) is 144 cm³/mol. The maximum absolute atomic E-state index is 9.01. The SMILES string of the molecule is CCCCC(CC)CC(=N)c1cc(-c2csc(-c3cnccn3)n2)n(-c2ccc(OC)cc2)c1C. The number of hydrogen-bond donors (Lipinski definition) is 1. The van der Waals surface area contributed by atoms with Crippen molar-refractivity contribution in [3.8, 4) is 33.5 Å². The Balaban J connectivity index is 1.76. The Morgan fingerprint density at radius 2 is 1.94 bits per heavy atom. The van der Waals surface area contributed by atoms with Crippen molar-refractivity contribution >= 4 is 17.0 Å². The number of nitrogens with zero attached hydrogens (tertiary/aromatic N) is 4. The molecule has 182 valence electrons. The van der Waals surface area contributed by atoms with Crippen LogP contribution in [-0.4, -0.2) is 32.3 Å². The Kier molecular flexibility index (Phi) is 8.08. The second kappa shape index (κ2) is 11.4. The fourth-order valence-electron chi connectivity index (χ4n) is 4.43. The molecule has 4 rings (SSSR count). The maximum Gasteiger partial charge on any atom is 0.144 e. The first-order valence-electron chi connectivity index (χ1n) is 12.2. The van der Waals surface area contributed by atoms with Crippen LogP contribution in [0.25, 0.3) is 27.8 Å². The van der Waals surface area contributed by atoms with Gasteiger partial charge in [0.05, 0.1) is 24.7 Å². The number of rotatable bonds is 11. The first-order valence-corrected chi connectivity index (χ1v) is 13.1. The number of nitrogens with one attached hydrogen (secondary N) is 1. The van der Waals surface area contributed by atoms with Crippen LogP contribution in [0.4, 0.5) is 0 Å². The molecule has 0 saturated heterocycles. The minimum Gasteiger partial charge on any atom is -0.497 e. The van der Waals surface area contributed by atoms with Crippen LogP contribution < -0.4 is 4.74 Å². The van der Waals surface area contributed by atoms with Crippen molar-refractivity contribution in [1.82, 2.24) is 19.5 Å². The van der Waals surface area contributed by atoms with E-state index in [1.807, 2.05) is 12.1 Å². The molecule has 0 fully saturated rings. The quantitative estimate of drug-likeness (QED) is 0.224. The van der Waals surface area contributed by atoms with Crippen molar-refractivity contribution in [3.63, 3.8) is 0 Å². The highest BCUT2D eigenvalue weighted by atomic mass is 32.1. The summed E-state index contributed by atoms with van der Waals surface area (Å²) in [5, 5.41) is 11.9. The highest BCUT2D eigenvalue weighted by molar-refractivity contribution is 7.13. The predicted octanol–water partition coefficient (Wildman–Crippen LogP) is 7.35. The average Bonchev–Trinajstić information content (AvgIpc) is 3.52. The van der Waals surface area contributed by atoms with E-state index in [0.29, 0.717) is 11.6 Å². The second-order valence-electron chi connectivity index (χ2n) is 8.79. The summed E-state index contributed by atoms with van der Waals surface area (Å²) in [4.78, 5) is 13.5. The summed E-state index contributed by atoms with van der Waals surface area (Å²) >= 11 is 1.55. The van der Waals surface area contributed by atoms with E-state index in [-0.39, 0.29) is 0 Å². The molecule has 4 aromatic rings. The monoisotopic (exact) mass is 487 g/mol. The van der Waals surface area contributed by atoms with Gasteiger partial charge in [-0.05, 0) is 49.6 Å². The highest BCUT2D eigenvalue weighted by Crippen LogP contribution is 2.34. The third kappa shape index (κ3) is 5.51. The van der Waals surface area contributed by atoms with E-state index in [0.717, 1.165) is 57.6 Å². The van der Waals surface area contributed by atoms with Crippen LogP contribution in [0.15, 0.2) is 54.3 Å². The Morgan fingerprint density at radius 3 is 2.60 bits per heavy atom. The molecular weight excluding hydrogens is 454 g/mol. The molecule has 1 N–H and O–H groups in total. The zero-order valence-corrected chi connectivity index (χ0v) is 21.7. The van der Waals surface area contributed by atoms with E-state index in [1.165, 1.54) is 19.3 Å². The molecule has 0 aliphatic heterocycles. The Bertz CT molecular complexity index is 1260. The lowest BCUT2D eigenvalue weighted by molar-refractivity contribution is 0.414. The van der Waals surface area contributed by atoms with E-state index in [9.17, 15) is 0 Å². The summed E-state index contributed by atoms with van der Waals surface area (Å²) in [6.45, 7) is 6.56. The zero-order chi connectivity index (χ0) is 24.8. The van der Waals surface area contributed by atoms with E-state index < -0.39 is 0 Å². The molecule has 0 bridgehead atoms. The van der Waals surface area contributed by atoms with Crippen molar-refractivity contribution in [2.75, 3.05) is 7.11 Å². The van der Waals surface area contributed by atoms with Gasteiger partial charge in [-0.15, -0.1) is 11.3 Å². The second-order valence-corrected chi connectivity index (χ2v) is 9.65. The summed E-state index contributed by atoms with van der Waals surface area (Å²) in [5.41, 5.74) is 6.35. The fourth-order valence-corrected chi connectivity index (χ4v) is 5.20. The maximum atomic E-state index is 9.01. The van der Waals surface area contributed by atoms with Crippen molar-refractivity contribution in [2.24, 2.45) is 5.92 Å². The Morgan fingerprint density at radius 1 is 1.14 bits per heavy atom. The number of benzene rings is 1. The van der Waals surface area contributed by atoms with Gasteiger partial charge in [-0.25, -0.2) is 4.98 Å². The van der Waals surface area contributed by atoms with Gasteiger partial charge >= 0.3 is 0 Å². The largest absolute Gasteiger partial charge is 0.497 e. The van der Waals surface area contributed by atoms with Crippen molar-refractivity contribution < 1.29 is 4.74 Å². The van der Waals surface area contributed by atoms with Gasteiger partial charge in [0.15, 0.2) is 0 Å². The molecule has 0 aliphatic carbocycles. The van der Waals surface area contributed by atoms with Crippen LogP contribution in [0, 0.1) is 18.3 Å². The molecule has 35 heavy (non-hydrogen) atoms. The van der Waals surface area contributed by atoms with Crippen LogP contribution in [0.1, 0.15) is 57.2 Å². The van der Waals surface area contributed by atoms with E-state index in [2.05, 4.69) is 58.9 Å². The fraction of sp³-hybridized carbons (Fsp3) is 0.357. The van der Waals surface area contributed by atoms with Gasteiger partial charge in [0.2, 0.25) is 0 Å². The topological polar surface area (TPSA) is 76.7 Å². The minimum absolute atomic E-state index is 0.539. The van der Waals surface area contributed by atoms with E-state index in [1.54, 1.807) is 37.0 Å². The van der Waals surface area contributed by atoms with Gasteiger partial charge < -0.3 is 14.7 Å². The minimum atomic E-state index is 0.539. The number of aromatic nitrogens is 4. The number of ether oxygens (including phenoxy) is 1. The molecule has 1 atom stereocenters. The molecule has 0 amide bonds. The third-order valence-corrected chi connectivity index (χ3v) is 7.35. The molecular formula is C28H33N5OS. The van der Waals surface area contributed by atoms with Gasteiger partial charge in [0.25, 0.3) is 0 Å². The van der Waals surface area contributed by atoms with E-state index in [4.69, 9.17) is 15.1 Å². The molecule has 3 aromatic heterocycles. The van der Waals surface area contributed by atoms with Gasteiger partial charge in [0, 0.05) is 40.4 Å². The molecule has 7 heteroatoms. The lowest BCUT2D eigenvalue weighted by Gasteiger charge is -2.15. The Labute approximate surface area is 211 Å². The standard InChI is InChI=1S/C28H33N5OS/c1-5-7-8-20(6-2)15-24(29)23-16-27(26-18-35-28(32-26)25-17-30-13-14-31-25)33(19(23)3)21-9-11-22(34-4)12-10-21/h9-14,16-18,20,29H,5-8,15H2,1-4H3. The van der Waals surface area contributed by atoms with Crippen molar-refractivity contribution in [1.29, 1.82) is 5.41 Å². The summed E-state index contributed by atoms with van der Waals surface area (Å²) < 4.78 is 7.57. The van der Waals surface area contributed by atoms with Crippen LogP contribution in [0.3, 0.4) is 0 Å². The Hall–Kier alpha value is -3.32. The third-order valence-electron chi connectivity index (χ3n) is 6.49. The normalized spacial score (nSPS) is 12.0. The molecule has 0 aliphatic rings. The van der Waals surface area contributed by atoms with Crippen LogP contribution >= 0.6 is 11.3 Å². The lowest BCUT2D eigenvalue weighted by Crippen LogP contribution is -2.10. The summed E-state index contributed by atoms with van der Waals surface area (Å²) in [6.07, 6.45) is 10.6. The van der Waals surface area contributed by atoms with Crippen LogP contribution in [0.5, 0.6) is 5.75 Å². The molecule has 1 aromatic carbocycles. The molecule has 3 heterocycles. The highest BCUT2D eigenvalue weighted by Gasteiger charge is 2.21. The van der Waals surface area contributed by atoms with Gasteiger partial charge in [0.1, 0.15) is 16.5 Å². The van der Waals surface area contributed by atoms with Crippen LogP contribution in [0.2, 0.25) is 0 Å². The molecule has 1 unspecified atom stereocenters. The number of methoxy groups -OCH3 is 1. The average molecular weight is 488 g/mol. The van der Waals surface area contributed by atoms with E-state index >= 15 is 0 Å². The molecule has 0 radical (unpaired) electrons. The molecule has 0 saturated carbocycles. The smallest absolute Gasteiger partial charge is 0.144 e. The van der Waals surface area contributed by atoms with Crippen molar-refractivity contribution in [2.45, 2.75) is 52.9 Å². The van der Waals surface area contributed by atoms with Gasteiger partial charge in [-0.1, -0.05) is 39.5 Å². The van der Waals surface area contributed by atoms with Crippen molar-refractivity contribution in [3.05, 3.63) is 65.6 Å². The van der Waals surface area contributed by atoms with Crippen LogP contribution in [-0.2, 0) is 0 Å². The number of hydrogen-bond acceptors (Lipinski definition) is 6. The lowest BCUT2D eigenvalue weighted by atomic mass is 9.91. The first kappa shape index (κ1) is 24.8. The summed E-state index contributed by atoms with van der Waals surface area (Å²) in [5.74, 6) is 1.35. The number of thiazole rings is 1. The number of unbranched alkanes of at least 4 members (excludes halogenated alkanes) is 1. The molecule has 0 spiro atoms. The zero-order valence-electron chi connectivity index (χ0n) is 20.9. The first-order chi connectivity index (χ1) is 17.0. The van der Waals surface area contributed by atoms with Gasteiger partial charge in [-0.2, -0.15) is 0 Å². The molecule has 6 nitrogen and oxygen atoms in total. The van der Waals surface area contributed by atoms with Gasteiger partial charge in [-0.3, -0.25) is 9.97 Å².